The van der Waals surface area contributed by atoms with Crippen LogP contribution in [0.4, 0.5) is 13.2 Å². The van der Waals surface area contributed by atoms with Crippen LogP contribution in [-0.4, -0.2) is 33.6 Å². The molecule has 38 heavy (non-hydrogen) atoms. The third-order valence-electron chi connectivity index (χ3n) is 6.33. The highest BCUT2D eigenvalue weighted by atomic mass is 19.4. The van der Waals surface area contributed by atoms with Crippen molar-refractivity contribution in [3.8, 4) is 11.8 Å². The lowest BCUT2D eigenvalue weighted by Gasteiger charge is -2.30. The number of alkyl halides is 3. The fourth-order valence-corrected chi connectivity index (χ4v) is 4.24. The lowest BCUT2D eigenvalue weighted by Crippen LogP contribution is -2.38. The lowest BCUT2D eigenvalue weighted by molar-refractivity contribution is -0.157. The minimum absolute atomic E-state index is 0.00330. The van der Waals surface area contributed by atoms with Gasteiger partial charge in [-0.25, -0.2) is 4.79 Å². The average molecular weight is 532 g/mol. The molecule has 0 aliphatic heterocycles. The summed E-state index contributed by atoms with van der Waals surface area (Å²) in [5, 5.41) is 18.1. The van der Waals surface area contributed by atoms with Gasteiger partial charge in [-0.2, -0.15) is 13.2 Å². The monoisotopic (exact) mass is 531 g/mol. The Bertz CT molecular complexity index is 1070. The molecule has 0 radical (unpaired) electrons. The maximum absolute atomic E-state index is 13.0. The number of carbonyl (C=O) groups excluding carboxylic acids is 1. The van der Waals surface area contributed by atoms with Crippen LogP contribution in [0.3, 0.4) is 0 Å². The van der Waals surface area contributed by atoms with Crippen molar-refractivity contribution in [1.29, 1.82) is 0 Å². The first-order valence-corrected chi connectivity index (χ1v) is 13.1. The highest BCUT2D eigenvalue weighted by molar-refractivity contribution is 6.31. The third kappa shape index (κ3) is 10.2. The first-order chi connectivity index (χ1) is 18.2. The van der Waals surface area contributed by atoms with Gasteiger partial charge in [0.05, 0.1) is 11.6 Å². The van der Waals surface area contributed by atoms with Crippen LogP contribution in [0.5, 0.6) is 0 Å². The number of amides is 1. The van der Waals surface area contributed by atoms with Gasteiger partial charge in [-0.15, -0.1) is 0 Å². The molecule has 1 unspecified atom stereocenters. The van der Waals surface area contributed by atoms with E-state index < -0.39 is 29.7 Å². The van der Waals surface area contributed by atoms with Crippen molar-refractivity contribution >= 4 is 11.9 Å². The van der Waals surface area contributed by atoms with Crippen molar-refractivity contribution in [1.82, 2.24) is 4.90 Å². The van der Waals surface area contributed by atoms with Crippen LogP contribution in [-0.2, 0) is 22.3 Å². The summed E-state index contributed by atoms with van der Waals surface area (Å²) >= 11 is 0. The van der Waals surface area contributed by atoms with Gasteiger partial charge in [0.25, 0.3) is 0 Å². The molecule has 0 aromatic heterocycles. The molecule has 8 heteroatoms. The minimum atomic E-state index is -4.48. The van der Waals surface area contributed by atoms with Crippen LogP contribution < -0.4 is 0 Å². The summed E-state index contributed by atoms with van der Waals surface area (Å²) in [6.07, 6.45) is 4.23. The Hall–Kier alpha value is -3.31. The quantitative estimate of drug-likeness (QED) is 0.171. The van der Waals surface area contributed by atoms with Crippen molar-refractivity contribution in [3.05, 3.63) is 70.8 Å². The van der Waals surface area contributed by atoms with E-state index in [4.69, 9.17) is 5.11 Å². The summed E-state index contributed by atoms with van der Waals surface area (Å²) in [6.45, 7) is 2.01. The van der Waals surface area contributed by atoms with Gasteiger partial charge < -0.3 is 15.1 Å². The molecule has 0 fully saturated rings. The second-order valence-corrected chi connectivity index (χ2v) is 9.23. The predicted molar refractivity (Wildman–Crippen MR) is 140 cm³/mol. The van der Waals surface area contributed by atoms with E-state index in [2.05, 4.69) is 11.8 Å². The predicted octanol–water partition coefficient (Wildman–Crippen LogP) is 6.73. The van der Waals surface area contributed by atoms with E-state index in [0.29, 0.717) is 17.5 Å². The van der Waals surface area contributed by atoms with Gasteiger partial charge in [-0.1, -0.05) is 75.1 Å². The number of aliphatic carboxylic acids is 1. The summed E-state index contributed by atoms with van der Waals surface area (Å²) < 4.78 is 38.9. The van der Waals surface area contributed by atoms with Gasteiger partial charge in [-0.3, -0.25) is 4.79 Å². The summed E-state index contributed by atoms with van der Waals surface area (Å²) in [5.74, 6) is 3.54. The van der Waals surface area contributed by atoms with Crippen LogP contribution in [0.2, 0.25) is 0 Å². The molecule has 0 saturated carbocycles. The molecule has 2 rings (SSSR count). The highest BCUT2D eigenvalue weighted by Gasteiger charge is 2.32. The number of hydrogen-bond acceptors (Lipinski definition) is 3. The van der Waals surface area contributed by atoms with Crippen molar-refractivity contribution in [2.24, 2.45) is 0 Å². The van der Waals surface area contributed by atoms with Crippen LogP contribution >= 0.6 is 0 Å². The zero-order valence-corrected chi connectivity index (χ0v) is 21.8. The number of aliphatic hydroxyl groups excluding tert-OH is 1. The van der Waals surface area contributed by atoms with Gasteiger partial charge in [0.2, 0.25) is 0 Å². The molecule has 2 N–H and O–H groups in total. The Balaban J connectivity index is 2.01. The lowest BCUT2D eigenvalue weighted by atomic mass is 9.99. The van der Waals surface area contributed by atoms with Crippen molar-refractivity contribution in [2.75, 3.05) is 6.61 Å². The molecule has 0 aliphatic carbocycles. The number of carbonyl (C=O) groups is 2. The number of nitrogens with zero attached hydrogens (tertiary/aromatic N) is 1. The van der Waals surface area contributed by atoms with Crippen molar-refractivity contribution in [3.63, 3.8) is 0 Å². The third-order valence-corrected chi connectivity index (χ3v) is 6.33. The van der Waals surface area contributed by atoms with E-state index in [-0.39, 0.29) is 13.2 Å². The van der Waals surface area contributed by atoms with Crippen molar-refractivity contribution in [2.45, 2.75) is 83.5 Å². The smallest absolute Gasteiger partial charge is 0.416 e. The number of carboxylic acid groups (broad SMARTS) is 1. The molecule has 0 aliphatic rings. The molecule has 206 valence electrons. The zero-order valence-electron chi connectivity index (χ0n) is 21.8. The number of halogens is 3. The zero-order chi connectivity index (χ0) is 28.0. The fraction of sp³-hybridized carbons (Fsp3) is 0.467. The molecule has 0 saturated heterocycles. The van der Waals surface area contributed by atoms with Crippen LogP contribution in [0.15, 0.2) is 48.5 Å². The first-order valence-electron chi connectivity index (χ1n) is 13.1. The Labute approximate surface area is 222 Å². The number of unbranched alkanes of at least 4 members (excludes halogenated alkanes) is 7. The Morgan fingerprint density at radius 3 is 2.00 bits per heavy atom. The number of aliphatic hydroxyl groups is 1. The molecule has 2 aromatic carbocycles. The number of carboxylic acids is 1. The average Bonchev–Trinajstić information content (AvgIpc) is 2.89. The van der Waals surface area contributed by atoms with Crippen LogP contribution in [0.1, 0.15) is 93.0 Å². The highest BCUT2D eigenvalue weighted by Crippen LogP contribution is 2.32. The van der Waals surface area contributed by atoms with E-state index in [0.717, 1.165) is 56.2 Å². The molecule has 1 amide bonds. The second-order valence-electron chi connectivity index (χ2n) is 9.23. The van der Waals surface area contributed by atoms with Gasteiger partial charge in [-0.05, 0) is 54.7 Å². The SMILES string of the molecule is CCC(c1ccc(C(F)(F)F)cc1)N(Cc1ccc(C#CCCCCCCCCCO)cc1)C(=O)C(=O)O. The largest absolute Gasteiger partial charge is 0.474 e. The maximum atomic E-state index is 13.0. The molecule has 0 heterocycles. The molecule has 2 aromatic rings. The van der Waals surface area contributed by atoms with E-state index in [9.17, 15) is 27.9 Å². The van der Waals surface area contributed by atoms with E-state index >= 15 is 0 Å². The van der Waals surface area contributed by atoms with Gasteiger partial charge in [0.1, 0.15) is 0 Å². The molecule has 0 bridgehead atoms. The minimum Gasteiger partial charge on any atom is -0.474 e. The van der Waals surface area contributed by atoms with Crippen LogP contribution in [0.25, 0.3) is 0 Å². The number of hydrogen-bond donors (Lipinski definition) is 2. The molecule has 5 nitrogen and oxygen atoms in total. The van der Waals surface area contributed by atoms with Gasteiger partial charge >= 0.3 is 18.1 Å². The Morgan fingerprint density at radius 2 is 1.47 bits per heavy atom. The Morgan fingerprint density at radius 1 is 0.895 bits per heavy atom. The van der Waals surface area contributed by atoms with Gasteiger partial charge in [0, 0.05) is 25.1 Å². The van der Waals surface area contributed by atoms with E-state index in [1.165, 1.54) is 29.9 Å². The molecule has 0 spiro atoms. The standard InChI is InChI=1S/C30H36F3NO4/c1-2-27(25-17-19-26(20-18-25)30(31,32)33)34(28(36)29(37)38)22-24-15-13-23(14-16-24)12-10-8-6-4-3-5-7-9-11-21-35/h13-20,27,35H,2-9,11,21-22H2,1H3,(H,37,38). The first kappa shape index (κ1) is 30.9. The van der Waals surface area contributed by atoms with E-state index in [1.54, 1.807) is 19.1 Å². The second kappa shape index (κ2) is 15.8. The van der Waals surface area contributed by atoms with Crippen molar-refractivity contribution < 1.29 is 33.0 Å². The maximum Gasteiger partial charge on any atom is 0.416 e. The molecule has 1 atom stereocenters. The summed E-state index contributed by atoms with van der Waals surface area (Å²) in [4.78, 5) is 25.2. The van der Waals surface area contributed by atoms with Crippen LogP contribution in [0, 0.1) is 11.8 Å². The summed E-state index contributed by atoms with van der Waals surface area (Å²) in [5.41, 5.74) is 1.13. The normalized spacial score (nSPS) is 11.9. The van der Waals surface area contributed by atoms with Gasteiger partial charge in [0.15, 0.2) is 0 Å². The van der Waals surface area contributed by atoms with E-state index in [1.807, 2.05) is 12.1 Å². The Kier molecular flexibility index (Phi) is 12.9. The topological polar surface area (TPSA) is 77.8 Å². The number of rotatable bonds is 13. The number of benzene rings is 2. The summed E-state index contributed by atoms with van der Waals surface area (Å²) in [6, 6.07) is 10.9. The fourth-order valence-electron chi connectivity index (χ4n) is 4.24. The summed E-state index contributed by atoms with van der Waals surface area (Å²) in [7, 11) is 0. The molecular formula is C30H36F3NO4. The molecular weight excluding hydrogens is 495 g/mol.